The lowest BCUT2D eigenvalue weighted by Gasteiger charge is -2.58. The van der Waals surface area contributed by atoms with Crippen LogP contribution in [0.2, 0.25) is 0 Å². The van der Waals surface area contributed by atoms with Gasteiger partial charge in [0.05, 0.1) is 20.3 Å². The number of phenols is 1. The van der Waals surface area contributed by atoms with Gasteiger partial charge in [0.1, 0.15) is 6.10 Å². The maximum absolute atomic E-state index is 12.8. The number of hydrogen-bond acceptors (Lipinski definition) is 7. The van der Waals surface area contributed by atoms with E-state index in [4.69, 9.17) is 14.2 Å². The van der Waals surface area contributed by atoms with Crippen LogP contribution in [0.25, 0.3) is 0 Å². The number of fused-ring (bicyclic) bond motifs is 1. The number of allylic oxidation sites excluding steroid dienone is 1. The van der Waals surface area contributed by atoms with Crippen molar-refractivity contribution in [3.63, 3.8) is 0 Å². The second kappa shape index (κ2) is 6.51. The van der Waals surface area contributed by atoms with E-state index in [-0.39, 0.29) is 35.9 Å². The van der Waals surface area contributed by atoms with Crippen LogP contribution >= 0.6 is 0 Å². The maximum Gasteiger partial charge on any atom is 0.303 e. The highest BCUT2D eigenvalue weighted by Crippen LogP contribution is 2.60. The third-order valence-corrected chi connectivity index (χ3v) is 6.53. The Morgan fingerprint density at radius 2 is 2.04 bits per heavy atom. The first-order valence-corrected chi connectivity index (χ1v) is 9.41. The number of hydrogen-bond donors (Lipinski definition) is 1. The fraction of sp³-hybridized carbons (Fsp3) is 0.524. The topological polar surface area (TPSA) is 85.3 Å². The monoisotopic (exact) mass is 387 g/mol. The largest absolute Gasteiger partial charge is 0.504 e. The van der Waals surface area contributed by atoms with Gasteiger partial charge in [0.15, 0.2) is 23.0 Å². The van der Waals surface area contributed by atoms with Gasteiger partial charge < -0.3 is 19.3 Å². The van der Waals surface area contributed by atoms with Crippen LogP contribution in [-0.2, 0) is 24.5 Å². The molecular formula is C21H25NO6. The Hall–Kier alpha value is -2.54. The summed E-state index contributed by atoms with van der Waals surface area (Å²) in [5.41, 5.74) is 0.816. The predicted octanol–water partition coefficient (Wildman–Crippen LogP) is 2.08. The highest BCUT2D eigenvalue weighted by atomic mass is 16.5. The molecule has 0 spiro atoms. The summed E-state index contributed by atoms with van der Waals surface area (Å²) in [4.78, 5) is 26.9. The third-order valence-electron chi connectivity index (χ3n) is 6.53. The number of phenolic OH excluding ortho intramolecular Hbond substituents is 1. The van der Waals surface area contributed by atoms with E-state index in [0.717, 1.165) is 12.1 Å². The molecule has 1 aliphatic heterocycles. The number of carbonyl (C=O) groups is 2. The fourth-order valence-corrected chi connectivity index (χ4v) is 5.38. The third kappa shape index (κ3) is 2.45. The fourth-order valence-electron chi connectivity index (χ4n) is 5.38. The van der Waals surface area contributed by atoms with E-state index in [1.165, 1.54) is 21.1 Å². The van der Waals surface area contributed by atoms with E-state index in [1.807, 2.05) is 19.2 Å². The van der Waals surface area contributed by atoms with Crippen molar-refractivity contribution in [1.82, 2.24) is 4.90 Å². The molecule has 1 N–H and O–H groups in total. The molecule has 2 aliphatic carbocycles. The van der Waals surface area contributed by atoms with E-state index in [1.54, 1.807) is 6.07 Å². The van der Waals surface area contributed by atoms with Gasteiger partial charge in [0, 0.05) is 35.8 Å². The molecule has 7 heteroatoms. The number of methoxy groups -OCH3 is 2. The predicted molar refractivity (Wildman–Crippen MR) is 100 cm³/mol. The van der Waals surface area contributed by atoms with Crippen LogP contribution < -0.4 is 4.74 Å². The van der Waals surface area contributed by atoms with Gasteiger partial charge >= 0.3 is 5.97 Å². The molecule has 4 atom stereocenters. The zero-order valence-corrected chi connectivity index (χ0v) is 16.5. The SMILES string of the molecule is COC1=CC2[C@@H]3C(OC(C)=O)c4ccc(OC)c(O)c4[C@]2(CCN3C)CC1=O. The molecule has 1 aromatic rings. The summed E-state index contributed by atoms with van der Waals surface area (Å²) in [6, 6.07) is 3.36. The number of nitrogens with zero attached hydrogens (tertiary/aromatic N) is 1. The summed E-state index contributed by atoms with van der Waals surface area (Å²) in [6.45, 7) is 2.10. The summed E-state index contributed by atoms with van der Waals surface area (Å²) < 4.78 is 16.4. The Morgan fingerprint density at radius 3 is 2.68 bits per heavy atom. The first-order valence-electron chi connectivity index (χ1n) is 9.41. The van der Waals surface area contributed by atoms with Gasteiger partial charge in [-0.25, -0.2) is 0 Å². The number of ether oxygens (including phenoxy) is 3. The van der Waals surface area contributed by atoms with Crippen LogP contribution in [0, 0.1) is 5.92 Å². The Labute approximate surface area is 163 Å². The second-order valence-electron chi connectivity index (χ2n) is 7.85. The number of likely N-dealkylation sites (N-methyl/N-ethyl adjacent to an activating group) is 1. The molecule has 1 saturated heterocycles. The van der Waals surface area contributed by atoms with Crippen LogP contribution in [0.15, 0.2) is 24.0 Å². The number of ketones is 1. The summed E-state index contributed by atoms with van der Waals surface area (Å²) in [7, 11) is 4.98. The van der Waals surface area contributed by atoms with E-state index in [9.17, 15) is 14.7 Å². The molecule has 0 saturated carbocycles. The molecule has 1 fully saturated rings. The van der Waals surface area contributed by atoms with E-state index in [0.29, 0.717) is 23.5 Å². The zero-order valence-electron chi connectivity index (χ0n) is 16.5. The number of aromatic hydroxyl groups is 1. The smallest absolute Gasteiger partial charge is 0.303 e. The van der Waals surface area contributed by atoms with Crippen molar-refractivity contribution in [1.29, 1.82) is 0 Å². The van der Waals surface area contributed by atoms with E-state index in [2.05, 4.69) is 4.90 Å². The first-order chi connectivity index (χ1) is 13.3. The lowest BCUT2D eigenvalue weighted by Crippen LogP contribution is -2.62. The summed E-state index contributed by atoms with van der Waals surface area (Å²) in [5.74, 6) is 0.0795. The number of carbonyl (C=O) groups excluding carboxylic acids is 2. The standard InChI is InChI=1S/C21H25NO6/c1-11(23)28-20-12-5-6-15(26-3)19(25)17(12)21-7-8-22(2)18(20)13(21)9-16(27-4)14(24)10-21/h5-6,9,13,18,20,25H,7-8,10H2,1-4H3/t13?,18-,20?,21-/m1/s1. The minimum Gasteiger partial charge on any atom is -0.504 e. The minimum atomic E-state index is -0.582. The number of benzene rings is 1. The van der Waals surface area contributed by atoms with E-state index >= 15 is 0 Å². The van der Waals surface area contributed by atoms with Crippen molar-refractivity contribution < 1.29 is 28.9 Å². The second-order valence-corrected chi connectivity index (χ2v) is 7.85. The summed E-state index contributed by atoms with van der Waals surface area (Å²) in [6.07, 6.45) is 2.23. The van der Waals surface area contributed by atoms with Gasteiger partial charge in [-0.1, -0.05) is 6.07 Å². The molecular weight excluding hydrogens is 362 g/mol. The molecule has 7 nitrogen and oxygen atoms in total. The highest BCUT2D eigenvalue weighted by Gasteiger charge is 2.60. The van der Waals surface area contributed by atoms with Crippen molar-refractivity contribution in [3.8, 4) is 11.5 Å². The van der Waals surface area contributed by atoms with Crippen molar-refractivity contribution >= 4 is 11.8 Å². The minimum absolute atomic E-state index is 0.0206. The van der Waals surface area contributed by atoms with Crippen LogP contribution in [-0.4, -0.2) is 55.6 Å². The lowest BCUT2D eigenvalue weighted by molar-refractivity contribution is -0.156. The van der Waals surface area contributed by atoms with Gasteiger partial charge in [-0.2, -0.15) is 0 Å². The number of likely N-dealkylation sites (tertiary alicyclic amines) is 1. The quantitative estimate of drug-likeness (QED) is 0.795. The Bertz CT molecular complexity index is 878. The zero-order chi connectivity index (χ0) is 20.2. The van der Waals surface area contributed by atoms with Gasteiger partial charge in [0.2, 0.25) is 0 Å². The number of esters is 1. The Morgan fingerprint density at radius 1 is 1.29 bits per heavy atom. The number of rotatable bonds is 3. The molecule has 1 heterocycles. The molecule has 3 aliphatic rings. The summed E-state index contributed by atoms with van der Waals surface area (Å²) >= 11 is 0. The van der Waals surface area contributed by atoms with Gasteiger partial charge in [-0.05, 0) is 32.2 Å². The van der Waals surface area contributed by atoms with Crippen LogP contribution in [0.3, 0.4) is 0 Å². The summed E-state index contributed by atoms with van der Waals surface area (Å²) in [5, 5.41) is 11.1. The lowest BCUT2D eigenvalue weighted by atomic mass is 9.52. The Balaban J connectivity index is 2.02. The highest BCUT2D eigenvalue weighted by molar-refractivity contribution is 5.96. The number of Topliss-reactive ketones (excluding diaryl/α,β-unsaturated/α-hetero) is 1. The van der Waals surface area contributed by atoms with Gasteiger partial charge in [0.25, 0.3) is 0 Å². The molecule has 2 bridgehead atoms. The molecule has 2 unspecified atom stereocenters. The molecule has 0 amide bonds. The molecule has 0 radical (unpaired) electrons. The molecule has 0 aromatic heterocycles. The maximum atomic E-state index is 12.8. The molecule has 4 rings (SSSR count). The normalized spacial score (nSPS) is 31.4. The first kappa shape index (κ1) is 18.8. The Kier molecular flexibility index (Phi) is 4.38. The average molecular weight is 387 g/mol. The van der Waals surface area contributed by atoms with Crippen molar-refractivity contribution in [2.75, 3.05) is 27.8 Å². The van der Waals surface area contributed by atoms with Gasteiger partial charge in [-0.15, -0.1) is 0 Å². The van der Waals surface area contributed by atoms with Crippen molar-refractivity contribution in [3.05, 3.63) is 35.1 Å². The van der Waals surface area contributed by atoms with E-state index < -0.39 is 11.5 Å². The average Bonchev–Trinajstić information content (AvgIpc) is 2.65. The van der Waals surface area contributed by atoms with Crippen molar-refractivity contribution in [2.24, 2.45) is 5.92 Å². The molecule has 1 aromatic carbocycles. The number of piperidine rings is 1. The van der Waals surface area contributed by atoms with Gasteiger partial charge in [-0.3, -0.25) is 14.5 Å². The van der Waals surface area contributed by atoms with Crippen molar-refractivity contribution in [2.45, 2.75) is 37.3 Å². The molecule has 150 valence electrons. The van der Waals surface area contributed by atoms with Crippen LogP contribution in [0.4, 0.5) is 0 Å². The van der Waals surface area contributed by atoms with Crippen LogP contribution in [0.5, 0.6) is 11.5 Å². The molecule has 28 heavy (non-hydrogen) atoms. The van der Waals surface area contributed by atoms with Crippen LogP contribution in [0.1, 0.15) is 37.0 Å².